The number of nitrogens with one attached hydrogen (secondary N) is 1. The summed E-state index contributed by atoms with van der Waals surface area (Å²) in [5.41, 5.74) is 3.84. The van der Waals surface area contributed by atoms with E-state index in [4.69, 9.17) is 9.47 Å². The van der Waals surface area contributed by atoms with Gasteiger partial charge in [0.2, 0.25) is 5.91 Å². The Bertz CT molecular complexity index is 1250. The maximum atomic E-state index is 12.9. The molecule has 36 heavy (non-hydrogen) atoms. The molecule has 2 aliphatic heterocycles. The maximum Gasteiger partial charge on any atom is 0.248 e. The topological polar surface area (TPSA) is 79.8 Å². The van der Waals surface area contributed by atoms with Gasteiger partial charge in [-0.05, 0) is 37.2 Å². The van der Waals surface area contributed by atoms with Crippen molar-refractivity contribution in [1.82, 2.24) is 14.9 Å². The summed E-state index contributed by atoms with van der Waals surface area (Å²) in [5.74, 6) is 1.22. The van der Waals surface area contributed by atoms with Crippen molar-refractivity contribution >= 4 is 34.0 Å². The number of benzene rings is 2. The van der Waals surface area contributed by atoms with Gasteiger partial charge in [0.25, 0.3) is 0 Å². The molecule has 2 aliphatic rings. The predicted octanol–water partition coefficient (Wildman–Crippen LogP) is 4.33. The van der Waals surface area contributed by atoms with E-state index in [1.54, 1.807) is 12.4 Å². The molecule has 1 amide bonds. The average molecular weight is 488 g/mol. The summed E-state index contributed by atoms with van der Waals surface area (Å²) in [6, 6.07) is 12.2. The predicted molar refractivity (Wildman–Crippen MR) is 142 cm³/mol. The SMILES string of the molecule is CCN(CC)C/C=C/C(=O)Nc1cc2c(N3CCc4ccccc43)ncnc2cc1O[C@@H]1CCOC1. The van der Waals surface area contributed by atoms with Gasteiger partial charge in [0.05, 0.1) is 24.4 Å². The van der Waals surface area contributed by atoms with E-state index in [9.17, 15) is 4.79 Å². The highest BCUT2D eigenvalue weighted by molar-refractivity contribution is 6.04. The Morgan fingerprint density at radius 3 is 2.92 bits per heavy atom. The fourth-order valence-corrected chi connectivity index (χ4v) is 4.79. The van der Waals surface area contributed by atoms with E-state index < -0.39 is 0 Å². The molecule has 1 N–H and O–H groups in total. The first-order valence-electron chi connectivity index (χ1n) is 12.7. The highest BCUT2D eigenvalue weighted by Crippen LogP contribution is 2.39. The first-order chi connectivity index (χ1) is 17.7. The fourth-order valence-electron chi connectivity index (χ4n) is 4.79. The van der Waals surface area contributed by atoms with Crippen LogP contribution < -0.4 is 15.0 Å². The van der Waals surface area contributed by atoms with Gasteiger partial charge in [-0.15, -0.1) is 0 Å². The molecular formula is C28H33N5O3. The van der Waals surface area contributed by atoms with E-state index in [0.29, 0.717) is 24.7 Å². The molecule has 0 spiro atoms. The molecule has 2 aromatic carbocycles. The van der Waals surface area contributed by atoms with Crippen LogP contribution in [0.2, 0.25) is 0 Å². The lowest BCUT2D eigenvalue weighted by atomic mass is 10.1. The van der Waals surface area contributed by atoms with Gasteiger partial charge in [0.1, 0.15) is 24.0 Å². The summed E-state index contributed by atoms with van der Waals surface area (Å²) >= 11 is 0. The Hall–Kier alpha value is -3.49. The van der Waals surface area contributed by atoms with Crippen molar-refractivity contribution in [3.8, 4) is 5.75 Å². The molecule has 1 aromatic heterocycles. The number of likely N-dealkylation sites (N-methyl/N-ethyl adjacent to an activating group) is 1. The van der Waals surface area contributed by atoms with Gasteiger partial charge in [0, 0.05) is 42.7 Å². The molecule has 8 heteroatoms. The minimum Gasteiger partial charge on any atom is -0.486 e. The Balaban J connectivity index is 1.48. The molecule has 1 fully saturated rings. The van der Waals surface area contributed by atoms with Gasteiger partial charge in [-0.2, -0.15) is 0 Å². The summed E-state index contributed by atoms with van der Waals surface area (Å²) < 4.78 is 11.8. The van der Waals surface area contributed by atoms with E-state index in [1.807, 2.05) is 24.3 Å². The lowest BCUT2D eigenvalue weighted by Crippen LogP contribution is -2.23. The molecule has 1 saturated heterocycles. The van der Waals surface area contributed by atoms with Crippen molar-refractivity contribution < 1.29 is 14.3 Å². The molecule has 3 heterocycles. The Kier molecular flexibility index (Phi) is 7.44. The zero-order chi connectivity index (χ0) is 24.9. The Labute approximate surface area is 211 Å². The van der Waals surface area contributed by atoms with Gasteiger partial charge in [0.15, 0.2) is 0 Å². The smallest absolute Gasteiger partial charge is 0.248 e. The van der Waals surface area contributed by atoms with Crippen LogP contribution in [-0.4, -0.2) is 66.3 Å². The van der Waals surface area contributed by atoms with Crippen LogP contribution in [0.3, 0.4) is 0 Å². The Morgan fingerprint density at radius 1 is 1.25 bits per heavy atom. The summed E-state index contributed by atoms with van der Waals surface area (Å²) in [5, 5.41) is 3.91. The van der Waals surface area contributed by atoms with E-state index in [-0.39, 0.29) is 12.0 Å². The van der Waals surface area contributed by atoms with Crippen LogP contribution in [0.25, 0.3) is 10.9 Å². The molecule has 8 nitrogen and oxygen atoms in total. The van der Waals surface area contributed by atoms with Crippen molar-refractivity contribution in [2.75, 3.05) is 49.6 Å². The number of para-hydroxylation sites is 1. The molecule has 1 atom stereocenters. The minimum absolute atomic E-state index is 0.0527. The van der Waals surface area contributed by atoms with Gasteiger partial charge in [-0.1, -0.05) is 38.1 Å². The third-order valence-electron chi connectivity index (χ3n) is 6.83. The number of anilines is 3. The quantitative estimate of drug-likeness (QED) is 0.450. The summed E-state index contributed by atoms with van der Waals surface area (Å²) in [4.78, 5) is 26.5. The monoisotopic (exact) mass is 487 g/mol. The summed E-state index contributed by atoms with van der Waals surface area (Å²) in [6.07, 6.45) is 6.80. The number of amides is 1. The second-order valence-electron chi connectivity index (χ2n) is 9.07. The lowest BCUT2D eigenvalue weighted by Gasteiger charge is -2.21. The molecule has 3 aromatic rings. The zero-order valence-corrected chi connectivity index (χ0v) is 20.9. The summed E-state index contributed by atoms with van der Waals surface area (Å²) in [7, 11) is 0. The fraction of sp³-hybridized carbons (Fsp3) is 0.393. The highest BCUT2D eigenvalue weighted by atomic mass is 16.5. The number of aromatic nitrogens is 2. The average Bonchev–Trinajstić information content (AvgIpc) is 3.57. The van der Waals surface area contributed by atoms with Gasteiger partial charge < -0.3 is 24.6 Å². The molecule has 0 saturated carbocycles. The van der Waals surface area contributed by atoms with Crippen LogP contribution in [0.15, 0.2) is 54.9 Å². The molecule has 188 valence electrons. The normalized spacial score (nSPS) is 17.3. The van der Waals surface area contributed by atoms with Gasteiger partial charge in [-0.3, -0.25) is 4.79 Å². The van der Waals surface area contributed by atoms with Crippen LogP contribution >= 0.6 is 0 Å². The van der Waals surface area contributed by atoms with E-state index in [2.05, 4.69) is 57.1 Å². The van der Waals surface area contributed by atoms with Crippen molar-refractivity contribution in [3.63, 3.8) is 0 Å². The molecule has 5 rings (SSSR count). The van der Waals surface area contributed by atoms with Crippen molar-refractivity contribution in [3.05, 3.63) is 60.4 Å². The minimum atomic E-state index is -0.195. The molecular weight excluding hydrogens is 454 g/mol. The lowest BCUT2D eigenvalue weighted by molar-refractivity contribution is -0.111. The number of hydrogen-bond acceptors (Lipinski definition) is 7. The number of ether oxygens (including phenoxy) is 2. The van der Waals surface area contributed by atoms with E-state index >= 15 is 0 Å². The standard InChI is InChI=1S/C28H33N5O3/c1-3-32(4-2)13-7-10-27(34)31-24-16-22-23(17-26(24)36-21-12-15-35-18-21)29-19-30-28(22)33-14-11-20-8-5-6-9-25(20)33/h5-10,16-17,19,21H,3-4,11-15,18H2,1-2H3,(H,31,34)/b10-7+/t21-/m1/s1. The number of carbonyl (C=O) groups excluding carboxylic acids is 1. The second-order valence-corrected chi connectivity index (χ2v) is 9.07. The number of carbonyl (C=O) groups is 1. The third-order valence-corrected chi connectivity index (χ3v) is 6.83. The van der Waals surface area contributed by atoms with Crippen LogP contribution in [0.5, 0.6) is 5.75 Å². The zero-order valence-electron chi connectivity index (χ0n) is 20.9. The first-order valence-corrected chi connectivity index (χ1v) is 12.7. The molecule has 0 radical (unpaired) electrons. The largest absolute Gasteiger partial charge is 0.486 e. The van der Waals surface area contributed by atoms with Crippen LogP contribution in [0.1, 0.15) is 25.8 Å². The Morgan fingerprint density at radius 2 is 2.11 bits per heavy atom. The van der Waals surface area contributed by atoms with Crippen molar-refractivity contribution in [2.24, 2.45) is 0 Å². The molecule has 0 unspecified atom stereocenters. The van der Waals surface area contributed by atoms with Crippen LogP contribution in [0.4, 0.5) is 17.2 Å². The van der Waals surface area contributed by atoms with E-state index in [1.165, 1.54) is 5.56 Å². The maximum absolute atomic E-state index is 12.9. The first kappa shape index (κ1) is 24.2. The number of fused-ring (bicyclic) bond motifs is 2. The van der Waals surface area contributed by atoms with Crippen molar-refractivity contribution in [1.29, 1.82) is 0 Å². The number of nitrogens with zero attached hydrogens (tertiary/aromatic N) is 4. The number of rotatable bonds is 9. The van der Waals surface area contributed by atoms with E-state index in [0.717, 1.165) is 61.4 Å². The van der Waals surface area contributed by atoms with Crippen molar-refractivity contribution in [2.45, 2.75) is 32.8 Å². The molecule has 0 aliphatic carbocycles. The van der Waals surface area contributed by atoms with Gasteiger partial charge >= 0.3 is 0 Å². The third kappa shape index (κ3) is 5.20. The number of hydrogen-bond donors (Lipinski definition) is 1. The van der Waals surface area contributed by atoms with Crippen LogP contribution in [-0.2, 0) is 16.0 Å². The van der Waals surface area contributed by atoms with Gasteiger partial charge in [-0.25, -0.2) is 9.97 Å². The summed E-state index contributed by atoms with van der Waals surface area (Å²) in [6.45, 7) is 8.90. The highest BCUT2D eigenvalue weighted by Gasteiger charge is 2.25. The molecule has 0 bridgehead atoms. The van der Waals surface area contributed by atoms with Crippen LogP contribution in [0, 0.1) is 0 Å². The second kappa shape index (κ2) is 11.1.